The number of para-hydroxylation sites is 2. The van der Waals surface area contributed by atoms with E-state index in [4.69, 9.17) is 9.16 Å². The van der Waals surface area contributed by atoms with Crippen LogP contribution in [0.5, 0.6) is 11.5 Å². The summed E-state index contributed by atoms with van der Waals surface area (Å²) in [6.07, 6.45) is 0.886. The highest BCUT2D eigenvalue weighted by Crippen LogP contribution is 2.25. The molecule has 85 valence electrons. The Morgan fingerprint density at radius 3 is 2.18 bits per heavy atom. The van der Waals surface area contributed by atoms with Gasteiger partial charge < -0.3 is 9.16 Å². The van der Waals surface area contributed by atoms with E-state index in [1.54, 1.807) is 0 Å². The van der Waals surface area contributed by atoms with Crippen molar-refractivity contribution in [3.63, 3.8) is 0 Å². The third kappa shape index (κ3) is 3.36. The maximum absolute atomic E-state index is 5.68. The lowest BCUT2D eigenvalue weighted by atomic mass is 10.2. The van der Waals surface area contributed by atoms with Crippen LogP contribution >= 0.6 is 0 Å². The van der Waals surface area contributed by atoms with Crippen LogP contribution in [0.15, 0.2) is 54.6 Å². The molecule has 0 amide bonds. The predicted octanol–water partition coefficient (Wildman–Crippen LogP) is 2.77. The van der Waals surface area contributed by atoms with Gasteiger partial charge in [-0.1, -0.05) is 42.5 Å². The minimum atomic E-state index is 0.636. The SMILES string of the molecule is [Si]Oc1ccccc1OCCc1ccccc1. The van der Waals surface area contributed by atoms with Crippen molar-refractivity contribution in [3.8, 4) is 11.5 Å². The standard InChI is InChI=1S/C14H13O2Si/c17-16-14-9-5-4-8-13(14)15-11-10-12-6-2-1-3-7-12/h1-9H,10-11H2. The third-order valence-electron chi connectivity index (χ3n) is 2.45. The molecule has 2 aromatic carbocycles. The highest BCUT2D eigenvalue weighted by atomic mass is 28.2. The lowest BCUT2D eigenvalue weighted by Crippen LogP contribution is -2.02. The third-order valence-corrected chi connectivity index (χ3v) is 2.67. The molecule has 0 N–H and O–H groups in total. The van der Waals surface area contributed by atoms with Crippen LogP contribution in [-0.4, -0.2) is 17.1 Å². The van der Waals surface area contributed by atoms with Crippen molar-refractivity contribution in [3.05, 3.63) is 60.2 Å². The second-order valence-electron chi connectivity index (χ2n) is 3.63. The van der Waals surface area contributed by atoms with Gasteiger partial charge in [0.05, 0.1) is 6.61 Å². The highest BCUT2D eigenvalue weighted by molar-refractivity contribution is 6.00. The molecule has 0 atom stereocenters. The summed E-state index contributed by atoms with van der Waals surface area (Å²) in [7, 11) is 3.01. The average Bonchev–Trinajstić information content (AvgIpc) is 2.40. The first kappa shape index (κ1) is 11.7. The molecule has 2 aromatic rings. The van der Waals surface area contributed by atoms with Gasteiger partial charge in [0.1, 0.15) is 5.75 Å². The molecule has 0 heterocycles. The molecule has 3 radical (unpaired) electrons. The topological polar surface area (TPSA) is 18.5 Å². The van der Waals surface area contributed by atoms with E-state index >= 15 is 0 Å². The number of hydrogen-bond donors (Lipinski definition) is 0. The summed E-state index contributed by atoms with van der Waals surface area (Å²) in [5, 5.41) is 0. The highest BCUT2D eigenvalue weighted by Gasteiger charge is 2.01. The first-order valence-electron chi connectivity index (χ1n) is 5.49. The molecule has 0 aliphatic heterocycles. The molecular weight excluding hydrogens is 228 g/mol. The molecule has 0 aromatic heterocycles. The maximum Gasteiger partial charge on any atom is 0.341 e. The van der Waals surface area contributed by atoms with Crippen LogP contribution in [0.2, 0.25) is 0 Å². The van der Waals surface area contributed by atoms with Gasteiger partial charge in [0.15, 0.2) is 5.75 Å². The summed E-state index contributed by atoms with van der Waals surface area (Å²) >= 11 is 0. The Morgan fingerprint density at radius 2 is 1.47 bits per heavy atom. The van der Waals surface area contributed by atoms with E-state index in [1.165, 1.54) is 5.56 Å². The second-order valence-corrected chi connectivity index (χ2v) is 3.84. The van der Waals surface area contributed by atoms with Gasteiger partial charge in [0.25, 0.3) is 0 Å². The van der Waals surface area contributed by atoms with Gasteiger partial charge in [-0.15, -0.1) is 0 Å². The largest absolute Gasteiger partial charge is 0.538 e. The smallest absolute Gasteiger partial charge is 0.341 e. The molecule has 0 spiro atoms. The van der Waals surface area contributed by atoms with E-state index in [9.17, 15) is 0 Å². The Morgan fingerprint density at radius 1 is 0.824 bits per heavy atom. The van der Waals surface area contributed by atoms with E-state index in [1.807, 2.05) is 42.5 Å². The van der Waals surface area contributed by atoms with Gasteiger partial charge in [-0.2, -0.15) is 0 Å². The van der Waals surface area contributed by atoms with Gasteiger partial charge in [0.2, 0.25) is 0 Å². The van der Waals surface area contributed by atoms with Gasteiger partial charge in [-0.05, 0) is 17.7 Å². The molecule has 0 saturated heterocycles. The average molecular weight is 241 g/mol. The van der Waals surface area contributed by atoms with Crippen molar-refractivity contribution < 1.29 is 9.16 Å². The summed E-state index contributed by atoms with van der Waals surface area (Å²) in [4.78, 5) is 0. The van der Waals surface area contributed by atoms with Gasteiger partial charge in [-0.3, -0.25) is 0 Å². The Labute approximate surface area is 105 Å². The Bertz CT molecular complexity index is 457. The van der Waals surface area contributed by atoms with Crippen LogP contribution in [0.1, 0.15) is 5.56 Å². The van der Waals surface area contributed by atoms with Crippen molar-refractivity contribution in [1.29, 1.82) is 0 Å². The molecular formula is C14H13O2Si. The fraction of sp³-hybridized carbons (Fsp3) is 0.143. The van der Waals surface area contributed by atoms with Crippen LogP contribution < -0.4 is 9.16 Å². The maximum atomic E-state index is 5.68. The molecule has 0 unspecified atom stereocenters. The summed E-state index contributed by atoms with van der Waals surface area (Å²) in [6, 6.07) is 17.8. The number of hydrogen-bond acceptors (Lipinski definition) is 2. The lowest BCUT2D eigenvalue weighted by molar-refractivity contribution is 0.312. The predicted molar refractivity (Wildman–Crippen MR) is 68.5 cm³/mol. The quantitative estimate of drug-likeness (QED) is 0.749. The normalized spacial score (nSPS) is 9.94. The summed E-state index contributed by atoms with van der Waals surface area (Å²) in [6.45, 7) is 0.636. The molecule has 0 fully saturated rings. The van der Waals surface area contributed by atoms with E-state index in [0.717, 1.165) is 12.2 Å². The van der Waals surface area contributed by atoms with Crippen LogP contribution in [-0.2, 0) is 6.42 Å². The number of rotatable bonds is 5. The molecule has 0 aliphatic rings. The zero-order chi connectivity index (χ0) is 11.9. The Hall–Kier alpha value is -1.74. The molecule has 3 heteroatoms. The Balaban J connectivity index is 1.90. The zero-order valence-corrected chi connectivity index (χ0v) is 10.4. The molecule has 0 aliphatic carbocycles. The molecule has 2 rings (SSSR count). The number of ether oxygens (including phenoxy) is 1. The second kappa shape index (κ2) is 6.11. The van der Waals surface area contributed by atoms with E-state index in [2.05, 4.69) is 22.6 Å². The van der Waals surface area contributed by atoms with Crippen molar-refractivity contribution >= 4 is 10.5 Å². The van der Waals surface area contributed by atoms with E-state index in [0.29, 0.717) is 12.4 Å². The van der Waals surface area contributed by atoms with Gasteiger partial charge in [0, 0.05) is 6.42 Å². The Kier molecular flexibility index (Phi) is 4.21. The first-order valence-corrected chi connectivity index (χ1v) is 5.90. The van der Waals surface area contributed by atoms with E-state index < -0.39 is 0 Å². The molecule has 0 saturated carbocycles. The van der Waals surface area contributed by atoms with Crippen LogP contribution in [0.25, 0.3) is 0 Å². The van der Waals surface area contributed by atoms with Crippen LogP contribution in [0.3, 0.4) is 0 Å². The first-order chi connectivity index (χ1) is 8.40. The fourth-order valence-electron chi connectivity index (χ4n) is 1.58. The minimum Gasteiger partial charge on any atom is -0.538 e. The lowest BCUT2D eigenvalue weighted by Gasteiger charge is -2.10. The zero-order valence-electron chi connectivity index (χ0n) is 9.43. The number of benzene rings is 2. The van der Waals surface area contributed by atoms with Crippen molar-refractivity contribution in [2.45, 2.75) is 6.42 Å². The van der Waals surface area contributed by atoms with Crippen LogP contribution in [0, 0.1) is 0 Å². The summed E-state index contributed by atoms with van der Waals surface area (Å²) < 4.78 is 10.7. The fourth-order valence-corrected chi connectivity index (χ4v) is 1.75. The molecule has 2 nitrogen and oxygen atoms in total. The minimum absolute atomic E-state index is 0.636. The van der Waals surface area contributed by atoms with Crippen molar-refractivity contribution in [2.24, 2.45) is 0 Å². The van der Waals surface area contributed by atoms with Crippen molar-refractivity contribution in [2.75, 3.05) is 6.61 Å². The summed E-state index contributed by atoms with van der Waals surface area (Å²) in [5.41, 5.74) is 1.27. The summed E-state index contributed by atoms with van der Waals surface area (Å²) in [5.74, 6) is 1.44. The van der Waals surface area contributed by atoms with E-state index in [-0.39, 0.29) is 0 Å². The van der Waals surface area contributed by atoms with Crippen LogP contribution in [0.4, 0.5) is 0 Å². The monoisotopic (exact) mass is 241 g/mol. The van der Waals surface area contributed by atoms with Gasteiger partial charge >= 0.3 is 10.5 Å². The molecule has 0 bridgehead atoms. The van der Waals surface area contributed by atoms with Crippen molar-refractivity contribution in [1.82, 2.24) is 0 Å². The molecule has 17 heavy (non-hydrogen) atoms. The van der Waals surface area contributed by atoms with Gasteiger partial charge in [-0.25, -0.2) is 0 Å².